The molecule has 0 aliphatic carbocycles. The Morgan fingerprint density at radius 1 is 1.33 bits per heavy atom. The van der Waals surface area contributed by atoms with Crippen molar-refractivity contribution >= 4 is 11.3 Å². The maximum absolute atomic E-state index is 10.3. The summed E-state index contributed by atoms with van der Waals surface area (Å²) in [4.78, 5) is 6.00. The van der Waals surface area contributed by atoms with Crippen molar-refractivity contribution in [3.05, 3.63) is 22.4 Å². The molecule has 0 amide bonds. The molecule has 1 aromatic heterocycles. The first-order chi connectivity index (χ1) is 7.34. The molecule has 0 saturated carbocycles. The van der Waals surface area contributed by atoms with E-state index in [4.69, 9.17) is 0 Å². The van der Waals surface area contributed by atoms with E-state index in [9.17, 15) is 5.11 Å². The Hall–Kier alpha value is -0.420. The Balaban J connectivity index is 1.77. The molecule has 15 heavy (non-hydrogen) atoms. The average Bonchev–Trinajstić information content (AvgIpc) is 2.83. The Kier molecular flexibility index (Phi) is 2.52. The first kappa shape index (κ1) is 9.78. The zero-order valence-electron chi connectivity index (χ0n) is 8.67. The number of aliphatic hydroxyl groups excluding tert-OH is 1. The quantitative estimate of drug-likeness (QED) is 0.804. The highest BCUT2D eigenvalue weighted by Gasteiger charge is 2.36. The zero-order valence-corrected chi connectivity index (χ0v) is 9.49. The van der Waals surface area contributed by atoms with Crippen LogP contribution < -0.4 is 0 Å². The number of hydrogen-bond acceptors (Lipinski definition) is 4. The molecule has 3 saturated heterocycles. The molecule has 2 bridgehead atoms. The number of thiophene rings is 1. The minimum absolute atomic E-state index is 0.298. The van der Waals surface area contributed by atoms with Crippen LogP contribution >= 0.6 is 11.3 Å². The van der Waals surface area contributed by atoms with Gasteiger partial charge in [-0.3, -0.25) is 9.80 Å². The summed E-state index contributed by atoms with van der Waals surface area (Å²) in [5.74, 6) is 0. The maximum atomic E-state index is 10.3. The van der Waals surface area contributed by atoms with Crippen LogP contribution in [-0.4, -0.2) is 53.7 Å². The predicted octanol–water partition coefficient (Wildman–Crippen LogP) is 0.781. The van der Waals surface area contributed by atoms with E-state index >= 15 is 0 Å². The lowest BCUT2D eigenvalue weighted by Crippen LogP contribution is -2.62. The highest BCUT2D eigenvalue weighted by Crippen LogP contribution is 2.29. The lowest BCUT2D eigenvalue weighted by Gasteiger charge is -2.48. The van der Waals surface area contributed by atoms with Gasteiger partial charge in [-0.2, -0.15) is 0 Å². The number of aliphatic hydroxyl groups is 1. The number of hydrogen-bond donors (Lipinski definition) is 1. The third-order valence-corrected chi connectivity index (χ3v) is 4.46. The van der Waals surface area contributed by atoms with Crippen LogP contribution in [0.1, 0.15) is 11.0 Å². The van der Waals surface area contributed by atoms with E-state index in [1.807, 2.05) is 17.5 Å². The fourth-order valence-corrected chi connectivity index (χ4v) is 3.37. The Morgan fingerprint density at radius 2 is 2.13 bits per heavy atom. The van der Waals surface area contributed by atoms with Crippen LogP contribution in [0.2, 0.25) is 0 Å². The van der Waals surface area contributed by atoms with Gasteiger partial charge in [0.2, 0.25) is 0 Å². The van der Waals surface area contributed by atoms with Gasteiger partial charge in [0.25, 0.3) is 0 Å². The summed E-state index contributed by atoms with van der Waals surface area (Å²) >= 11 is 1.66. The van der Waals surface area contributed by atoms with E-state index in [-0.39, 0.29) is 6.10 Å². The molecular weight excluding hydrogens is 208 g/mol. The van der Waals surface area contributed by atoms with Crippen molar-refractivity contribution < 1.29 is 5.11 Å². The molecule has 2 atom stereocenters. The van der Waals surface area contributed by atoms with Gasteiger partial charge in [0.15, 0.2) is 0 Å². The van der Waals surface area contributed by atoms with Crippen molar-refractivity contribution in [2.75, 3.05) is 32.7 Å². The second-order valence-corrected chi connectivity index (χ2v) is 5.34. The molecule has 3 aliphatic rings. The molecule has 82 valence electrons. The van der Waals surface area contributed by atoms with Crippen LogP contribution in [0.4, 0.5) is 0 Å². The van der Waals surface area contributed by atoms with Crippen LogP contribution in [0.15, 0.2) is 17.5 Å². The van der Waals surface area contributed by atoms with Crippen molar-refractivity contribution in [3.63, 3.8) is 0 Å². The molecule has 4 heteroatoms. The van der Waals surface area contributed by atoms with E-state index in [2.05, 4.69) is 9.80 Å². The van der Waals surface area contributed by atoms with Gasteiger partial charge in [-0.25, -0.2) is 0 Å². The highest BCUT2D eigenvalue weighted by atomic mass is 32.1. The normalized spacial score (nSPS) is 36.7. The fraction of sp³-hybridized carbons (Fsp3) is 0.636. The molecule has 2 unspecified atom stereocenters. The minimum atomic E-state index is -0.298. The summed E-state index contributed by atoms with van der Waals surface area (Å²) in [6.07, 6.45) is -0.298. The molecule has 3 fully saturated rings. The first-order valence-electron chi connectivity index (χ1n) is 5.52. The van der Waals surface area contributed by atoms with E-state index in [1.54, 1.807) is 11.3 Å². The lowest BCUT2D eigenvalue weighted by atomic mass is 10.0. The molecule has 0 radical (unpaired) electrons. The molecule has 0 aromatic carbocycles. The van der Waals surface area contributed by atoms with Crippen LogP contribution in [0.3, 0.4) is 0 Å². The molecule has 0 spiro atoms. The Bertz CT molecular complexity index is 319. The third-order valence-electron chi connectivity index (χ3n) is 3.52. The van der Waals surface area contributed by atoms with Gasteiger partial charge in [-0.1, -0.05) is 6.07 Å². The minimum Gasteiger partial charge on any atom is -0.386 e. The summed E-state index contributed by atoms with van der Waals surface area (Å²) in [5.41, 5.74) is 0. The smallest absolute Gasteiger partial charge is 0.105 e. The molecule has 1 N–H and O–H groups in total. The van der Waals surface area contributed by atoms with Crippen molar-refractivity contribution in [1.29, 1.82) is 0 Å². The van der Waals surface area contributed by atoms with Gasteiger partial charge < -0.3 is 5.11 Å². The van der Waals surface area contributed by atoms with Crippen molar-refractivity contribution in [2.45, 2.75) is 12.1 Å². The van der Waals surface area contributed by atoms with Crippen LogP contribution in [-0.2, 0) is 0 Å². The zero-order chi connectivity index (χ0) is 10.3. The van der Waals surface area contributed by atoms with Crippen molar-refractivity contribution in [1.82, 2.24) is 9.80 Å². The monoisotopic (exact) mass is 224 g/mol. The highest BCUT2D eigenvalue weighted by molar-refractivity contribution is 7.10. The van der Waals surface area contributed by atoms with Crippen molar-refractivity contribution in [3.8, 4) is 0 Å². The van der Waals surface area contributed by atoms with Gasteiger partial charge in [0.1, 0.15) is 6.10 Å². The number of rotatable bonds is 2. The second-order valence-electron chi connectivity index (χ2n) is 4.36. The molecule has 3 aliphatic heterocycles. The maximum Gasteiger partial charge on any atom is 0.105 e. The topological polar surface area (TPSA) is 26.7 Å². The Labute approximate surface area is 93.9 Å². The third kappa shape index (κ3) is 1.72. The number of nitrogens with zero attached hydrogens (tertiary/aromatic N) is 2. The molecular formula is C11H16N2OS. The van der Waals surface area contributed by atoms with Crippen LogP contribution in [0.5, 0.6) is 0 Å². The van der Waals surface area contributed by atoms with E-state index in [1.165, 1.54) is 13.1 Å². The van der Waals surface area contributed by atoms with Gasteiger partial charge in [-0.05, 0) is 11.4 Å². The fourth-order valence-electron chi connectivity index (χ4n) is 2.61. The Morgan fingerprint density at radius 3 is 2.67 bits per heavy atom. The second kappa shape index (κ2) is 3.87. The van der Waals surface area contributed by atoms with Crippen LogP contribution in [0, 0.1) is 0 Å². The van der Waals surface area contributed by atoms with E-state index < -0.39 is 0 Å². The predicted molar refractivity (Wildman–Crippen MR) is 61.1 cm³/mol. The first-order valence-corrected chi connectivity index (χ1v) is 6.40. The molecule has 3 nitrogen and oxygen atoms in total. The summed E-state index contributed by atoms with van der Waals surface area (Å²) < 4.78 is 0. The standard InChI is InChI=1S/C11H16N2OS/c14-11(10-2-1-7-15-10)9-8-12-3-5-13(9)6-4-12/h1-2,7,9,11,14H,3-6,8H2. The molecule has 4 rings (SSSR count). The molecule has 4 heterocycles. The van der Waals surface area contributed by atoms with E-state index in [0.29, 0.717) is 6.04 Å². The summed E-state index contributed by atoms with van der Waals surface area (Å²) in [5, 5.41) is 12.3. The number of fused-ring (bicyclic) bond motifs is 3. The summed E-state index contributed by atoms with van der Waals surface area (Å²) in [7, 11) is 0. The SMILES string of the molecule is OC(c1cccs1)C1CN2CCN1CC2. The largest absolute Gasteiger partial charge is 0.386 e. The molecule has 1 aromatic rings. The van der Waals surface area contributed by atoms with Gasteiger partial charge in [-0.15, -0.1) is 11.3 Å². The average molecular weight is 224 g/mol. The summed E-state index contributed by atoms with van der Waals surface area (Å²) in [6, 6.07) is 4.36. The number of piperazine rings is 3. The van der Waals surface area contributed by atoms with Crippen LogP contribution in [0.25, 0.3) is 0 Å². The summed E-state index contributed by atoms with van der Waals surface area (Å²) in [6.45, 7) is 5.61. The van der Waals surface area contributed by atoms with E-state index in [0.717, 1.165) is 24.5 Å². The van der Waals surface area contributed by atoms with Gasteiger partial charge in [0, 0.05) is 37.6 Å². The van der Waals surface area contributed by atoms with Gasteiger partial charge in [0.05, 0.1) is 6.04 Å². The lowest BCUT2D eigenvalue weighted by molar-refractivity contribution is -0.0459. The van der Waals surface area contributed by atoms with Crippen molar-refractivity contribution in [2.24, 2.45) is 0 Å². The van der Waals surface area contributed by atoms with Gasteiger partial charge >= 0.3 is 0 Å².